The number of nitro groups is 1. The van der Waals surface area contributed by atoms with Gasteiger partial charge in [-0.3, -0.25) is 10.1 Å². The number of hydrogen-bond donors (Lipinski definition) is 2. The van der Waals surface area contributed by atoms with E-state index in [0.717, 1.165) is 0 Å². The number of hydrogen-bond acceptors (Lipinski definition) is 5. The van der Waals surface area contributed by atoms with Gasteiger partial charge in [-0.15, -0.1) is 0 Å². The average Bonchev–Trinajstić information content (AvgIpc) is 2.44. The summed E-state index contributed by atoms with van der Waals surface area (Å²) < 4.78 is 27.0. The van der Waals surface area contributed by atoms with E-state index >= 15 is 0 Å². The maximum atomic E-state index is 12.3. The second-order valence-electron chi connectivity index (χ2n) is 5.10. The van der Waals surface area contributed by atoms with E-state index in [-0.39, 0.29) is 17.1 Å². The van der Waals surface area contributed by atoms with Gasteiger partial charge in [-0.2, -0.15) is 0 Å². The first-order valence-electron chi connectivity index (χ1n) is 6.69. The van der Waals surface area contributed by atoms with Gasteiger partial charge < -0.3 is 5.73 Å². The number of nitro benzene ring substituents is 1. The number of non-ortho nitro benzene ring substituents is 1. The van der Waals surface area contributed by atoms with Gasteiger partial charge in [0.25, 0.3) is 5.69 Å². The molecule has 0 radical (unpaired) electrons. The predicted molar refractivity (Wildman–Crippen MR) is 80.5 cm³/mol. The molecule has 0 saturated carbocycles. The minimum atomic E-state index is -3.74. The van der Waals surface area contributed by atoms with Crippen molar-refractivity contribution in [2.24, 2.45) is 5.73 Å². The highest BCUT2D eigenvalue weighted by Crippen LogP contribution is 2.21. The number of rotatable bonds is 7. The molecule has 0 aromatic heterocycles. The van der Waals surface area contributed by atoms with Crippen LogP contribution in [-0.2, 0) is 10.0 Å². The molecule has 0 spiro atoms. The summed E-state index contributed by atoms with van der Waals surface area (Å²) in [7, 11) is -3.74. The lowest BCUT2D eigenvalue weighted by atomic mass is 9.95. The van der Waals surface area contributed by atoms with Crippen molar-refractivity contribution in [1.29, 1.82) is 0 Å². The quantitative estimate of drug-likeness (QED) is 0.587. The van der Waals surface area contributed by atoms with Gasteiger partial charge in [0.15, 0.2) is 0 Å². The van der Waals surface area contributed by atoms with Crippen LogP contribution in [-0.4, -0.2) is 25.4 Å². The smallest absolute Gasteiger partial charge is 0.269 e. The van der Waals surface area contributed by atoms with Crippen molar-refractivity contribution in [1.82, 2.24) is 4.72 Å². The molecule has 1 rings (SSSR count). The summed E-state index contributed by atoms with van der Waals surface area (Å²) in [5.74, 6) is 0. The van der Waals surface area contributed by atoms with Crippen LogP contribution in [0.4, 0.5) is 5.69 Å². The van der Waals surface area contributed by atoms with Crippen molar-refractivity contribution in [2.45, 2.75) is 44.0 Å². The van der Waals surface area contributed by atoms with E-state index in [1.165, 1.54) is 25.1 Å². The van der Waals surface area contributed by atoms with Crippen LogP contribution in [0, 0.1) is 17.0 Å². The standard InChI is InChI=1S/C13H21N3O4S/c1-4-13(14,5-2)9-15-21(19,20)12-7-6-11(16(17)18)8-10(12)3/h6-8,15H,4-5,9,14H2,1-3H3. The molecule has 0 aliphatic rings. The third-order valence-corrected chi connectivity index (χ3v) is 5.24. The third kappa shape index (κ3) is 4.23. The SMILES string of the molecule is CCC(N)(CC)CNS(=O)(=O)c1ccc([N+](=O)[O-])cc1C. The number of aryl methyl sites for hydroxylation is 1. The van der Waals surface area contributed by atoms with E-state index in [2.05, 4.69) is 4.72 Å². The zero-order chi connectivity index (χ0) is 16.3. The van der Waals surface area contributed by atoms with Crippen LogP contribution in [0.15, 0.2) is 23.1 Å². The van der Waals surface area contributed by atoms with E-state index in [4.69, 9.17) is 5.73 Å². The molecular formula is C13H21N3O4S. The van der Waals surface area contributed by atoms with Crippen LogP contribution in [0.3, 0.4) is 0 Å². The van der Waals surface area contributed by atoms with Crippen molar-refractivity contribution >= 4 is 15.7 Å². The van der Waals surface area contributed by atoms with E-state index in [1.54, 1.807) is 0 Å². The van der Waals surface area contributed by atoms with Gasteiger partial charge in [-0.05, 0) is 31.4 Å². The lowest BCUT2D eigenvalue weighted by Crippen LogP contribution is -2.49. The van der Waals surface area contributed by atoms with Crippen molar-refractivity contribution in [3.63, 3.8) is 0 Å². The van der Waals surface area contributed by atoms with E-state index in [1.807, 2.05) is 13.8 Å². The molecular weight excluding hydrogens is 294 g/mol. The third-order valence-electron chi connectivity index (χ3n) is 3.68. The number of nitrogens with two attached hydrogens (primary N) is 1. The Morgan fingerprint density at radius 1 is 1.33 bits per heavy atom. The molecule has 0 aliphatic carbocycles. The first kappa shape index (κ1) is 17.5. The zero-order valence-electron chi connectivity index (χ0n) is 12.4. The molecule has 1 aromatic carbocycles. The Hall–Kier alpha value is -1.51. The normalized spacial score (nSPS) is 12.4. The molecule has 8 heteroatoms. The lowest BCUT2D eigenvalue weighted by Gasteiger charge is -2.26. The lowest BCUT2D eigenvalue weighted by molar-refractivity contribution is -0.385. The summed E-state index contributed by atoms with van der Waals surface area (Å²) >= 11 is 0. The largest absolute Gasteiger partial charge is 0.324 e. The number of sulfonamides is 1. The van der Waals surface area contributed by atoms with Crippen LogP contribution >= 0.6 is 0 Å². The summed E-state index contributed by atoms with van der Waals surface area (Å²) in [6.45, 7) is 5.44. The number of nitrogens with one attached hydrogen (secondary N) is 1. The van der Waals surface area contributed by atoms with Crippen LogP contribution < -0.4 is 10.5 Å². The van der Waals surface area contributed by atoms with E-state index in [9.17, 15) is 18.5 Å². The van der Waals surface area contributed by atoms with Crippen molar-refractivity contribution in [2.75, 3.05) is 6.54 Å². The first-order valence-corrected chi connectivity index (χ1v) is 8.17. The molecule has 0 amide bonds. The minimum absolute atomic E-state index is 0.0302. The second kappa shape index (κ2) is 6.50. The van der Waals surface area contributed by atoms with E-state index < -0.39 is 20.5 Å². The Balaban J connectivity index is 3.01. The van der Waals surface area contributed by atoms with E-state index in [0.29, 0.717) is 18.4 Å². The molecule has 0 heterocycles. The highest BCUT2D eigenvalue weighted by Gasteiger charge is 2.25. The van der Waals surface area contributed by atoms with Crippen LogP contribution in [0.5, 0.6) is 0 Å². The molecule has 7 nitrogen and oxygen atoms in total. The molecule has 0 fully saturated rings. The average molecular weight is 315 g/mol. The molecule has 118 valence electrons. The predicted octanol–water partition coefficient (Wildman–Crippen LogP) is 1.70. The molecule has 0 bridgehead atoms. The highest BCUT2D eigenvalue weighted by atomic mass is 32.2. The Labute approximate surface area is 124 Å². The second-order valence-corrected chi connectivity index (χ2v) is 6.84. The van der Waals surface area contributed by atoms with Gasteiger partial charge in [-0.1, -0.05) is 13.8 Å². The van der Waals surface area contributed by atoms with Gasteiger partial charge in [0.05, 0.1) is 9.82 Å². The van der Waals surface area contributed by atoms with Gasteiger partial charge in [0.1, 0.15) is 0 Å². The van der Waals surface area contributed by atoms with Crippen molar-refractivity contribution in [3.05, 3.63) is 33.9 Å². The fraction of sp³-hybridized carbons (Fsp3) is 0.538. The van der Waals surface area contributed by atoms with Gasteiger partial charge in [-0.25, -0.2) is 13.1 Å². The zero-order valence-corrected chi connectivity index (χ0v) is 13.2. The van der Waals surface area contributed by atoms with Crippen LogP contribution in [0.25, 0.3) is 0 Å². The maximum absolute atomic E-state index is 12.3. The van der Waals surface area contributed by atoms with Crippen molar-refractivity contribution < 1.29 is 13.3 Å². The maximum Gasteiger partial charge on any atom is 0.269 e. The molecule has 0 saturated heterocycles. The molecule has 0 atom stereocenters. The van der Waals surface area contributed by atoms with Gasteiger partial charge in [0.2, 0.25) is 10.0 Å². The monoisotopic (exact) mass is 315 g/mol. The molecule has 3 N–H and O–H groups in total. The summed E-state index contributed by atoms with van der Waals surface area (Å²) in [6.07, 6.45) is 1.29. The Kier molecular flexibility index (Phi) is 5.43. The molecule has 21 heavy (non-hydrogen) atoms. The van der Waals surface area contributed by atoms with Gasteiger partial charge >= 0.3 is 0 Å². The summed E-state index contributed by atoms with van der Waals surface area (Å²) in [6, 6.07) is 3.66. The fourth-order valence-corrected chi connectivity index (χ4v) is 3.23. The molecule has 1 aromatic rings. The molecule has 0 aliphatic heterocycles. The molecule has 0 unspecified atom stereocenters. The van der Waals surface area contributed by atoms with Crippen LogP contribution in [0.1, 0.15) is 32.3 Å². The topological polar surface area (TPSA) is 115 Å². The highest BCUT2D eigenvalue weighted by molar-refractivity contribution is 7.89. The summed E-state index contributed by atoms with van der Waals surface area (Å²) in [4.78, 5) is 10.1. The Morgan fingerprint density at radius 3 is 2.33 bits per heavy atom. The van der Waals surface area contributed by atoms with Crippen molar-refractivity contribution in [3.8, 4) is 0 Å². The summed E-state index contributed by atoms with van der Waals surface area (Å²) in [5.41, 5.74) is 5.66. The minimum Gasteiger partial charge on any atom is -0.324 e. The Bertz CT molecular complexity index is 624. The first-order chi connectivity index (χ1) is 9.65. The fourth-order valence-electron chi connectivity index (χ4n) is 1.87. The Morgan fingerprint density at radius 2 is 1.90 bits per heavy atom. The van der Waals surface area contributed by atoms with Crippen LogP contribution in [0.2, 0.25) is 0 Å². The summed E-state index contributed by atoms with van der Waals surface area (Å²) in [5, 5.41) is 10.7. The van der Waals surface area contributed by atoms with Gasteiger partial charge in [0, 0.05) is 24.2 Å². The number of nitrogens with zero attached hydrogens (tertiary/aromatic N) is 1. The number of benzene rings is 1.